The van der Waals surface area contributed by atoms with Gasteiger partial charge in [-0.15, -0.1) is 10.2 Å². The van der Waals surface area contributed by atoms with Gasteiger partial charge in [-0.25, -0.2) is 4.79 Å². The van der Waals surface area contributed by atoms with E-state index in [4.69, 9.17) is 9.84 Å². The van der Waals surface area contributed by atoms with Crippen LogP contribution in [0.1, 0.15) is 6.42 Å². The number of hydrogen-bond acceptors (Lipinski definition) is 7. The number of rotatable bonds is 5. The Morgan fingerprint density at radius 2 is 2.03 bits per heavy atom. The molecule has 6 rings (SSSR count). The normalized spacial score (nSPS) is 15.8. The molecule has 5 heterocycles. The number of hydrogen-bond donors (Lipinski definition) is 1. The molecule has 35 heavy (non-hydrogen) atoms. The van der Waals surface area contributed by atoms with E-state index in [2.05, 4.69) is 20.3 Å². The Morgan fingerprint density at radius 3 is 2.83 bits per heavy atom. The van der Waals surface area contributed by atoms with Crippen molar-refractivity contribution in [2.75, 3.05) is 13.1 Å². The van der Waals surface area contributed by atoms with Crippen molar-refractivity contribution in [3.63, 3.8) is 0 Å². The van der Waals surface area contributed by atoms with Crippen molar-refractivity contribution in [1.82, 2.24) is 34.3 Å². The molecule has 1 aliphatic rings. The molecule has 1 aliphatic heterocycles. The van der Waals surface area contributed by atoms with Crippen molar-refractivity contribution in [2.24, 2.45) is 7.05 Å². The van der Waals surface area contributed by atoms with E-state index in [1.54, 1.807) is 10.9 Å². The summed E-state index contributed by atoms with van der Waals surface area (Å²) in [6.07, 6.45) is 7.09. The van der Waals surface area contributed by atoms with Crippen molar-refractivity contribution in [3.8, 4) is 16.9 Å². The standard InChI is InChI=1S/C24H21N7O3S/c1-29-12-17(10-26-29)15-2-5-22-27-28-23(31(22)13-15)35-20-3-4-21-16(9-20)8-19(11-25-21)34-18-6-7-30(14-18)24(32)33/h2-5,8-13,18H,6-7,14H2,1H3,(H,32,33). The van der Waals surface area contributed by atoms with Gasteiger partial charge in [0.05, 0.1) is 24.5 Å². The molecule has 176 valence electrons. The van der Waals surface area contributed by atoms with E-state index in [0.717, 1.165) is 37.7 Å². The maximum Gasteiger partial charge on any atom is 0.407 e. The van der Waals surface area contributed by atoms with Crippen LogP contribution < -0.4 is 4.74 Å². The molecule has 1 saturated heterocycles. The Labute approximate surface area is 204 Å². The van der Waals surface area contributed by atoms with Crippen LogP contribution >= 0.6 is 11.8 Å². The maximum atomic E-state index is 11.2. The summed E-state index contributed by atoms with van der Waals surface area (Å²) < 4.78 is 9.77. The molecular formula is C24H21N7O3S. The molecular weight excluding hydrogens is 466 g/mol. The first-order valence-corrected chi connectivity index (χ1v) is 11.9. The Morgan fingerprint density at radius 1 is 1.11 bits per heavy atom. The number of fused-ring (bicyclic) bond motifs is 2. The molecule has 11 heteroatoms. The summed E-state index contributed by atoms with van der Waals surface area (Å²) in [6, 6.07) is 11.9. The number of likely N-dealkylation sites (tertiary alicyclic amines) is 1. The van der Waals surface area contributed by atoms with Crippen molar-refractivity contribution in [3.05, 3.63) is 61.2 Å². The lowest BCUT2D eigenvalue weighted by Gasteiger charge is -2.14. The van der Waals surface area contributed by atoms with Crippen molar-refractivity contribution in [1.29, 1.82) is 0 Å². The van der Waals surface area contributed by atoms with Gasteiger partial charge in [0.2, 0.25) is 0 Å². The molecule has 10 nitrogen and oxygen atoms in total. The van der Waals surface area contributed by atoms with Crippen LogP contribution in [0.2, 0.25) is 0 Å². The highest BCUT2D eigenvalue weighted by molar-refractivity contribution is 7.99. The van der Waals surface area contributed by atoms with Crippen LogP contribution in [0.5, 0.6) is 5.75 Å². The molecule has 1 fully saturated rings. The van der Waals surface area contributed by atoms with Crippen LogP contribution in [0.25, 0.3) is 27.7 Å². The van der Waals surface area contributed by atoms with Gasteiger partial charge >= 0.3 is 6.09 Å². The highest BCUT2D eigenvalue weighted by Crippen LogP contribution is 2.31. The van der Waals surface area contributed by atoms with Gasteiger partial charge < -0.3 is 14.7 Å². The predicted octanol–water partition coefficient (Wildman–Crippen LogP) is 3.96. The summed E-state index contributed by atoms with van der Waals surface area (Å²) in [5, 5.41) is 23.8. The maximum absolute atomic E-state index is 11.2. The molecule has 0 aliphatic carbocycles. The quantitative estimate of drug-likeness (QED) is 0.397. The SMILES string of the molecule is Cn1cc(-c2ccc3nnc(Sc4ccc5ncc(OC6CCN(C(=O)O)C6)cc5c4)n3c2)cn1. The summed E-state index contributed by atoms with van der Waals surface area (Å²) in [5.41, 5.74) is 3.68. The molecule has 1 aromatic carbocycles. The van der Waals surface area contributed by atoms with E-state index in [1.807, 2.05) is 66.4 Å². The van der Waals surface area contributed by atoms with Gasteiger partial charge in [-0.05, 0) is 48.2 Å². The molecule has 1 amide bonds. The van der Waals surface area contributed by atoms with Crippen LogP contribution in [0.15, 0.2) is 71.2 Å². The smallest absolute Gasteiger partial charge is 0.407 e. The first-order chi connectivity index (χ1) is 17.0. The Kier molecular flexibility index (Phi) is 5.25. The third kappa shape index (κ3) is 4.26. The second kappa shape index (κ2) is 8.58. The molecule has 1 atom stereocenters. The number of carbonyl (C=O) groups is 1. The van der Waals surface area contributed by atoms with Gasteiger partial charge in [0.15, 0.2) is 10.8 Å². The number of pyridine rings is 2. The fourth-order valence-electron chi connectivity index (χ4n) is 4.19. The van der Waals surface area contributed by atoms with Gasteiger partial charge in [0, 0.05) is 53.8 Å². The Balaban J connectivity index is 1.25. The highest BCUT2D eigenvalue weighted by atomic mass is 32.2. The van der Waals surface area contributed by atoms with Crippen LogP contribution in [-0.4, -0.2) is 64.7 Å². The average molecular weight is 488 g/mol. The molecule has 1 N–H and O–H groups in total. The van der Waals surface area contributed by atoms with Gasteiger partial charge in [0.25, 0.3) is 0 Å². The number of aryl methyl sites for hydroxylation is 1. The lowest BCUT2D eigenvalue weighted by molar-refractivity contribution is 0.145. The zero-order valence-corrected chi connectivity index (χ0v) is 19.6. The fraction of sp³-hybridized carbons (Fsp3) is 0.208. The minimum Gasteiger partial charge on any atom is -0.487 e. The Hall–Kier alpha value is -4.12. The van der Waals surface area contributed by atoms with Crippen molar-refractivity contribution < 1.29 is 14.6 Å². The number of aromatic nitrogens is 6. The van der Waals surface area contributed by atoms with Crippen LogP contribution in [0.3, 0.4) is 0 Å². The summed E-state index contributed by atoms with van der Waals surface area (Å²) in [4.78, 5) is 18.0. The Bertz CT molecular complexity index is 1560. The van der Waals surface area contributed by atoms with E-state index in [1.165, 1.54) is 16.7 Å². The lowest BCUT2D eigenvalue weighted by Crippen LogP contribution is -2.29. The van der Waals surface area contributed by atoms with Crippen LogP contribution in [-0.2, 0) is 7.05 Å². The third-order valence-electron chi connectivity index (χ3n) is 5.96. The molecule has 0 spiro atoms. The molecule has 4 aromatic heterocycles. The predicted molar refractivity (Wildman–Crippen MR) is 130 cm³/mol. The zero-order chi connectivity index (χ0) is 23.9. The van der Waals surface area contributed by atoms with Crippen LogP contribution in [0, 0.1) is 0 Å². The first-order valence-electron chi connectivity index (χ1n) is 11.1. The topological polar surface area (TPSA) is 111 Å². The monoisotopic (exact) mass is 487 g/mol. The minimum absolute atomic E-state index is 0.167. The van der Waals surface area contributed by atoms with E-state index >= 15 is 0 Å². The number of benzene rings is 1. The minimum atomic E-state index is -0.914. The number of amides is 1. The van der Waals surface area contributed by atoms with E-state index < -0.39 is 6.09 Å². The van der Waals surface area contributed by atoms with E-state index in [9.17, 15) is 4.79 Å². The fourth-order valence-corrected chi connectivity index (χ4v) is 5.05. The first kappa shape index (κ1) is 21.4. The summed E-state index contributed by atoms with van der Waals surface area (Å²) >= 11 is 1.52. The largest absolute Gasteiger partial charge is 0.487 e. The van der Waals surface area contributed by atoms with Gasteiger partial charge in [-0.3, -0.25) is 14.1 Å². The highest BCUT2D eigenvalue weighted by Gasteiger charge is 2.27. The second-order valence-electron chi connectivity index (χ2n) is 8.42. The molecule has 1 unspecified atom stereocenters. The third-order valence-corrected chi connectivity index (χ3v) is 6.91. The number of nitrogens with zero attached hydrogens (tertiary/aromatic N) is 7. The number of ether oxygens (including phenoxy) is 1. The van der Waals surface area contributed by atoms with Crippen LogP contribution in [0.4, 0.5) is 4.79 Å². The molecule has 0 saturated carbocycles. The van der Waals surface area contributed by atoms with Gasteiger partial charge in [0.1, 0.15) is 11.9 Å². The average Bonchev–Trinajstić information content (AvgIpc) is 3.59. The van der Waals surface area contributed by atoms with E-state index in [-0.39, 0.29) is 6.10 Å². The summed E-state index contributed by atoms with van der Waals surface area (Å²) in [5.74, 6) is 0.630. The van der Waals surface area contributed by atoms with Gasteiger partial charge in [-0.2, -0.15) is 5.10 Å². The van der Waals surface area contributed by atoms with Gasteiger partial charge in [-0.1, -0.05) is 0 Å². The van der Waals surface area contributed by atoms with E-state index in [0.29, 0.717) is 25.3 Å². The molecule has 0 radical (unpaired) electrons. The number of carboxylic acid groups (broad SMARTS) is 1. The zero-order valence-electron chi connectivity index (χ0n) is 18.8. The molecule has 0 bridgehead atoms. The van der Waals surface area contributed by atoms with Crippen molar-refractivity contribution in [2.45, 2.75) is 22.6 Å². The summed E-state index contributed by atoms with van der Waals surface area (Å²) in [7, 11) is 1.89. The summed E-state index contributed by atoms with van der Waals surface area (Å²) in [6.45, 7) is 0.848. The lowest BCUT2D eigenvalue weighted by atomic mass is 10.2. The molecule has 5 aromatic rings. The second-order valence-corrected chi connectivity index (χ2v) is 9.46. The van der Waals surface area contributed by atoms with Crippen molar-refractivity contribution >= 4 is 34.4 Å².